The van der Waals surface area contributed by atoms with Crippen LogP contribution in [0.5, 0.6) is 0 Å². The maximum Gasteiger partial charge on any atom is 0.270 e. The number of nitrogens with one attached hydrogen (secondary N) is 1. The van der Waals surface area contributed by atoms with Crippen LogP contribution in [0.15, 0.2) is 30.3 Å². The minimum atomic E-state index is -0.386. The molecule has 1 aromatic heterocycles. The number of nitrogens with zero attached hydrogens (tertiary/aromatic N) is 3. The molecular formula is C16H20N4O2. The van der Waals surface area contributed by atoms with Crippen LogP contribution >= 0.6 is 0 Å². The van der Waals surface area contributed by atoms with Crippen LogP contribution in [-0.2, 0) is 0 Å². The second-order valence-corrected chi connectivity index (χ2v) is 6.08. The standard InChI is InChI=1S/C16H20N4O2/c1-19(2)15(11-3-4-11)10-17-16-8-5-12-9-13(20(21)22)6-7-14(12)18-16/h5-9,11,15H,3-4,10H2,1-2H3,(H,17,18). The summed E-state index contributed by atoms with van der Waals surface area (Å²) < 4.78 is 0. The Bertz CT molecular complexity index is 696. The van der Waals surface area contributed by atoms with E-state index >= 15 is 0 Å². The Balaban J connectivity index is 1.74. The van der Waals surface area contributed by atoms with E-state index in [1.165, 1.54) is 18.9 Å². The fraction of sp³-hybridized carbons (Fsp3) is 0.438. The van der Waals surface area contributed by atoms with E-state index in [4.69, 9.17) is 0 Å². The Labute approximate surface area is 129 Å². The number of nitro groups is 1. The number of likely N-dealkylation sites (N-methyl/N-ethyl adjacent to an activating group) is 1. The molecule has 1 unspecified atom stereocenters. The summed E-state index contributed by atoms with van der Waals surface area (Å²) in [4.78, 5) is 17.2. The smallest absolute Gasteiger partial charge is 0.270 e. The first-order chi connectivity index (χ1) is 10.5. The van der Waals surface area contributed by atoms with E-state index in [0.717, 1.165) is 29.2 Å². The molecule has 0 aliphatic heterocycles. The summed E-state index contributed by atoms with van der Waals surface area (Å²) in [6.45, 7) is 0.864. The van der Waals surface area contributed by atoms with E-state index in [0.29, 0.717) is 6.04 Å². The molecule has 2 aromatic rings. The zero-order chi connectivity index (χ0) is 15.7. The van der Waals surface area contributed by atoms with Crippen molar-refractivity contribution in [1.29, 1.82) is 0 Å². The number of hydrogen-bond acceptors (Lipinski definition) is 5. The number of fused-ring (bicyclic) bond motifs is 1. The number of benzene rings is 1. The van der Waals surface area contributed by atoms with Crippen LogP contribution in [0.25, 0.3) is 10.9 Å². The molecule has 1 aromatic carbocycles. The summed E-state index contributed by atoms with van der Waals surface area (Å²) in [5, 5.41) is 15.0. The highest BCUT2D eigenvalue weighted by molar-refractivity contribution is 5.82. The van der Waals surface area contributed by atoms with Gasteiger partial charge < -0.3 is 10.2 Å². The molecule has 1 N–H and O–H groups in total. The normalized spacial score (nSPS) is 16.0. The predicted molar refractivity (Wildman–Crippen MR) is 87.1 cm³/mol. The summed E-state index contributed by atoms with van der Waals surface area (Å²) >= 11 is 0. The zero-order valence-corrected chi connectivity index (χ0v) is 12.8. The maximum atomic E-state index is 10.8. The number of anilines is 1. The van der Waals surface area contributed by atoms with Gasteiger partial charge in [-0.05, 0) is 51.1 Å². The molecule has 1 aliphatic carbocycles. The van der Waals surface area contributed by atoms with Crippen molar-refractivity contribution in [3.8, 4) is 0 Å². The summed E-state index contributed by atoms with van der Waals surface area (Å²) in [5.41, 5.74) is 0.861. The van der Waals surface area contributed by atoms with Crippen LogP contribution in [0.2, 0.25) is 0 Å². The molecule has 0 saturated heterocycles. The van der Waals surface area contributed by atoms with Gasteiger partial charge in [0.15, 0.2) is 0 Å². The number of aromatic nitrogens is 1. The Morgan fingerprint density at radius 2 is 2.14 bits per heavy atom. The second kappa shape index (κ2) is 5.88. The lowest BCUT2D eigenvalue weighted by atomic mass is 10.1. The fourth-order valence-electron chi connectivity index (χ4n) is 2.79. The van der Waals surface area contributed by atoms with Crippen molar-refractivity contribution in [2.45, 2.75) is 18.9 Å². The molecule has 1 heterocycles. The van der Waals surface area contributed by atoms with Gasteiger partial charge in [0.05, 0.1) is 10.4 Å². The molecule has 116 valence electrons. The van der Waals surface area contributed by atoms with Crippen molar-refractivity contribution in [3.05, 3.63) is 40.4 Å². The minimum Gasteiger partial charge on any atom is -0.368 e. The monoisotopic (exact) mass is 300 g/mol. The molecule has 3 rings (SSSR count). The number of rotatable bonds is 6. The molecule has 6 nitrogen and oxygen atoms in total. The quantitative estimate of drug-likeness (QED) is 0.656. The second-order valence-electron chi connectivity index (χ2n) is 6.08. The van der Waals surface area contributed by atoms with Crippen molar-refractivity contribution in [1.82, 2.24) is 9.88 Å². The molecule has 0 amide bonds. The largest absolute Gasteiger partial charge is 0.368 e. The van der Waals surface area contributed by atoms with Gasteiger partial charge in [-0.2, -0.15) is 0 Å². The van der Waals surface area contributed by atoms with Crippen LogP contribution in [0, 0.1) is 16.0 Å². The maximum absolute atomic E-state index is 10.8. The van der Waals surface area contributed by atoms with E-state index in [1.54, 1.807) is 12.1 Å². The highest BCUT2D eigenvalue weighted by Gasteiger charge is 2.32. The van der Waals surface area contributed by atoms with E-state index in [-0.39, 0.29) is 10.6 Å². The lowest BCUT2D eigenvalue weighted by Crippen LogP contribution is -2.36. The van der Waals surface area contributed by atoms with E-state index in [1.807, 2.05) is 12.1 Å². The average molecular weight is 300 g/mol. The average Bonchev–Trinajstić information content (AvgIpc) is 3.31. The van der Waals surface area contributed by atoms with Gasteiger partial charge in [-0.3, -0.25) is 10.1 Å². The fourth-order valence-corrected chi connectivity index (χ4v) is 2.79. The molecule has 0 bridgehead atoms. The predicted octanol–water partition coefficient (Wildman–Crippen LogP) is 2.90. The first-order valence-electron chi connectivity index (χ1n) is 7.50. The number of nitro benzene ring substituents is 1. The molecule has 22 heavy (non-hydrogen) atoms. The van der Waals surface area contributed by atoms with Crippen molar-refractivity contribution in [3.63, 3.8) is 0 Å². The summed E-state index contributed by atoms with van der Waals surface area (Å²) in [5.74, 6) is 1.60. The molecular weight excluding hydrogens is 280 g/mol. The number of pyridine rings is 1. The van der Waals surface area contributed by atoms with Crippen LogP contribution in [0.1, 0.15) is 12.8 Å². The van der Waals surface area contributed by atoms with Crippen LogP contribution in [0.4, 0.5) is 11.5 Å². The van der Waals surface area contributed by atoms with Gasteiger partial charge >= 0.3 is 0 Å². The lowest BCUT2D eigenvalue weighted by Gasteiger charge is -2.24. The Morgan fingerprint density at radius 1 is 1.36 bits per heavy atom. The summed E-state index contributed by atoms with van der Waals surface area (Å²) in [6.07, 6.45) is 2.61. The van der Waals surface area contributed by atoms with Crippen LogP contribution < -0.4 is 5.32 Å². The van der Waals surface area contributed by atoms with Crippen LogP contribution in [0.3, 0.4) is 0 Å². The first kappa shape index (κ1) is 14.7. The Morgan fingerprint density at radius 3 is 2.77 bits per heavy atom. The molecule has 0 radical (unpaired) electrons. The molecule has 1 saturated carbocycles. The first-order valence-corrected chi connectivity index (χ1v) is 7.50. The van der Waals surface area contributed by atoms with Gasteiger partial charge in [-0.1, -0.05) is 0 Å². The van der Waals surface area contributed by atoms with Gasteiger partial charge in [-0.25, -0.2) is 4.98 Å². The third-order valence-electron chi connectivity index (χ3n) is 4.21. The van der Waals surface area contributed by atoms with Gasteiger partial charge in [0.2, 0.25) is 0 Å². The van der Waals surface area contributed by atoms with Crippen molar-refractivity contribution < 1.29 is 4.92 Å². The number of hydrogen-bond donors (Lipinski definition) is 1. The van der Waals surface area contributed by atoms with Crippen molar-refractivity contribution >= 4 is 22.4 Å². The van der Waals surface area contributed by atoms with Crippen LogP contribution in [-0.4, -0.2) is 41.5 Å². The molecule has 1 atom stereocenters. The van der Waals surface area contributed by atoms with E-state index < -0.39 is 0 Å². The van der Waals surface area contributed by atoms with Gasteiger partial charge in [0, 0.05) is 30.1 Å². The van der Waals surface area contributed by atoms with Crippen molar-refractivity contribution in [2.75, 3.05) is 26.0 Å². The van der Waals surface area contributed by atoms with Gasteiger partial charge in [0.25, 0.3) is 5.69 Å². The molecule has 0 spiro atoms. The lowest BCUT2D eigenvalue weighted by molar-refractivity contribution is -0.384. The van der Waals surface area contributed by atoms with Gasteiger partial charge in [-0.15, -0.1) is 0 Å². The topological polar surface area (TPSA) is 71.3 Å². The highest BCUT2D eigenvalue weighted by Crippen LogP contribution is 2.34. The van der Waals surface area contributed by atoms with Crippen molar-refractivity contribution in [2.24, 2.45) is 5.92 Å². The SMILES string of the molecule is CN(C)C(CNc1ccc2cc([N+](=O)[O-])ccc2n1)C1CC1. The zero-order valence-electron chi connectivity index (χ0n) is 12.8. The van der Waals surface area contributed by atoms with Gasteiger partial charge in [0.1, 0.15) is 5.82 Å². The Hall–Kier alpha value is -2.21. The molecule has 6 heteroatoms. The van der Waals surface area contributed by atoms with E-state index in [9.17, 15) is 10.1 Å². The summed E-state index contributed by atoms with van der Waals surface area (Å²) in [7, 11) is 4.22. The highest BCUT2D eigenvalue weighted by atomic mass is 16.6. The molecule has 1 aliphatic rings. The Kier molecular flexibility index (Phi) is 3.94. The van der Waals surface area contributed by atoms with E-state index in [2.05, 4.69) is 29.3 Å². The number of non-ortho nitro benzene ring substituents is 1. The third-order valence-corrected chi connectivity index (χ3v) is 4.21. The molecule has 1 fully saturated rings. The summed E-state index contributed by atoms with van der Waals surface area (Å²) in [6, 6.07) is 9.02. The minimum absolute atomic E-state index is 0.0939. The third kappa shape index (κ3) is 3.17.